The van der Waals surface area contributed by atoms with Gasteiger partial charge in [-0.15, -0.1) is 0 Å². The fourth-order valence-electron chi connectivity index (χ4n) is 2.41. The lowest BCUT2D eigenvalue weighted by molar-refractivity contribution is 0.349. The quantitative estimate of drug-likeness (QED) is 0.652. The van der Waals surface area contributed by atoms with E-state index < -0.39 is 0 Å². The second-order valence-corrected chi connectivity index (χ2v) is 5.73. The molecule has 0 spiro atoms. The minimum atomic E-state index is 0.358. The van der Waals surface area contributed by atoms with Gasteiger partial charge in [0, 0.05) is 0 Å². The molecule has 96 valence electrons. The zero-order chi connectivity index (χ0) is 12.6. The van der Waals surface area contributed by atoms with Gasteiger partial charge in [0.1, 0.15) is 0 Å². The third-order valence-electron chi connectivity index (χ3n) is 2.96. The summed E-state index contributed by atoms with van der Waals surface area (Å²) in [4.78, 5) is 0. The molecule has 1 aliphatic rings. The number of allylic oxidation sites excluding steroid dienone is 2. The van der Waals surface area contributed by atoms with E-state index in [0.29, 0.717) is 5.41 Å². The van der Waals surface area contributed by atoms with Crippen molar-refractivity contribution in [3.8, 4) is 0 Å². The molecule has 0 saturated carbocycles. The molecule has 0 aromatic carbocycles. The van der Waals surface area contributed by atoms with Crippen molar-refractivity contribution in [2.75, 3.05) is 13.1 Å². The van der Waals surface area contributed by atoms with E-state index in [0.717, 1.165) is 5.92 Å². The van der Waals surface area contributed by atoms with Crippen LogP contribution in [-0.4, -0.2) is 13.1 Å². The van der Waals surface area contributed by atoms with Crippen LogP contribution in [-0.2, 0) is 0 Å². The minimum Gasteiger partial charge on any atom is -0.317 e. The summed E-state index contributed by atoms with van der Waals surface area (Å²) in [7, 11) is 0. The Morgan fingerprint density at radius 3 is 1.94 bits per heavy atom. The van der Waals surface area contributed by atoms with E-state index in [9.17, 15) is 0 Å². The molecule has 1 saturated heterocycles. The van der Waals surface area contributed by atoms with Crippen LogP contribution in [0.2, 0.25) is 0 Å². The Kier molecular flexibility index (Phi) is 7.74. The summed E-state index contributed by atoms with van der Waals surface area (Å²) in [5.41, 5.74) is 2.01. The molecule has 16 heavy (non-hydrogen) atoms. The number of rotatable bonds is 1. The Bertz CT molecular complexity index is 192. The van der Waals surface area contributed by atoms with Crippen molar-refractivity contribution in [1.82, 2.24) is 5.32 Å². The highest BCUT2D eigenvalue weighted by Crippen LogP contribution is 2.35. The Morgan fingerprint density at radius 2 is 1.62 bits per heavy atom. The van der Waals surface area contributed by atoms with Gasteiger partial charge in [0.05, 0.1) is 0 Å². The summed E-state index contributed by atoms with van der Waals surface area (Å²) in [6.07, 6.45) is 6.21. The zero-order valence-electron chi connectivity index (χ0n) is 12.2. The Hall–Kier alpha value is -0.300. The fraction of sp³-hybridized carbons (Fsp3) is 0.867. The van der Waals surface area contributed by atoms with Crippen molar-refractivity contribution < 1.29 is 0 Å². The summed E-state index contributed by atoms with van der Waals surface area (Å²) >= 11 is 0. The van der Waals surface area contributed by atoms with Gasteiger partial charge in [-0.25, -0.2) is 0 Å². The van der Waals surface area contributed by atoms with Crippen LogP contribution in [0.1, 0.15) is 60.8 Å². The first-order chi connectivity index (χ1) is 7.47. The number of piperidine rings is 1. The van der Waals surface area contributed by atoms with Gasteiger partial charge in [0.15, 0.2) is 0 Å². The van der Waals surface area contributed by atoms with E-state index in [1.807, 2.05) is 0 Å². The molecule has 1 N–H and O–H groups in total. The maximum atomic E-state index is 3.42. The van der Waals surface area contributed by atoms with Crippen molar-refractivity contribution in [2.45, 2.75) is 60.8 Å². The Morgan fingerprint density at radius 1 is 1.19 bits per heavy atom. The molecule has 0 atom stereocenters. The number of hydrogen-bond donors (Lipinski definition) is 1. The molecule has 0 unspecified atom stereocenters. The lowest BCUT2D eigenvalue weighted by Crippen LogP contribution is -2.31. The van der Waals surface area contributed by atoms with Crippen molar-refractivity contribution in [3.63, 3.8) is 0 Å². The van der Waals surface area contributed by atoms with Crippen molar-refractivity contribution in [2.24, 2.45) is 11.3 Å². The highest BCUT2D eigenvalue weighted by Gasteiger charge is 2.25. The van der Waals surface area contributed by atoms with Crippen molar-refractivity contribution in [3.05, 3.63) is 11.6 Å². The van der Waals surface area contributed by atoms with Gasteiger partial charge in [-0.1, -0.05) is 52.7 Å². The maximum absolute atomic E-state index is 3.42. The third kappa shape index (κ3) is 5.69. The van der Waals surface area contributed by atoms with Gasteiger partial charge in [0.2, 0.25) is 0 Å². The lowest BCUT2D eigenvalue weighted by atomic mass is 9.75. The largest absolute Gasteiger partial charge is 0.317 e. The van der Waals surface area contributed by atoms with Crippen LogP contribution in [0.25, 0.3) is 0 Å². The fourth-order valence-corrected chi connectivity index (χ4v) is 2.41. The van der Waals surface area contributed by atoms with Crippen LogP contribution < -0.4 is 5.32 Å². The van der Waals surface area contributed by atoms with E-state index in [2.05, 4.69) is 52.9 Å². The second kappa shape index (κ2) is 7.89. The van der Waals surface area contributed by atoms with E-state index in [1.54, 1.807) is 5.57 Å². The second-order valence-electron chi connectivity index (χ2n) is 5.73. The van der Waals surface area contributed by atoms with Gasteiger partial charge in [-0.3, -0.25) is 0 Å². The van der Waals surface area contributed by atoms with Gasteiger partial charge in [-0.2, -0.15) is 0 Å². The van der Waals surface area contributed by atoms with Crippen LogP contribution >= 0.6 is 0 Å². The minimum absolute atomic E-state index is 0.358. The van der Waals surface area contributed by atoms with Crippen LogP contribution in [0.15, 0.2) is 11.6 Å². The first-order valence-corrected chi connectivity index (χ1v) is 6.84. The predicted molar refractivity (Wildman–Crippen MR) is 74.8 cm³/mol. The van der Waals surface area contributed by atoms with Crippen molar-refractivity contribution in [1.29, 1.82) is 0 Å². The van der Waals surface area contributed by atoms with E-state index in [1.165, 1.54) is 32.4 Å². The van der Waals surface area contributed by atoms with E-state index >= 15 is 0 Å². The lowest BCUT2D eigenvalue weighted by Gasteiger charge is -2.33. The van der Waals surface area contributed by atoms with Gasteiger partial charge < -0.3 is 5.32 Å². The Labute approximate surface area is 103 Å². The zero-order valence-corrected chi connectivity index (χ0v) is 12.2. The van der Waals surface area contributed by atoms with Crippen LogP contribution in [0.5, 0.6) is 0 Å². The molecule has 1 aliphatic heterocycles. The molecule has 0 aliphatic carbocycles. The standard InChI is InChI=1S/C12H23N.C3H8/c1-5-11(12(2,3)4)10-6-8-13-9-7-10;1-3-2/h5,10,13H,6-9H2,1-4H3;3H2,1-2H3/b11-5+;. The first kappa shape index (κ1) is 15.7. The average molecular weight is 225 g/mol. The summed E-state index contributed by atoms with van der Waals surface area (Å²) in [5, 5.41) is 3.42. The Balaban J connectivity index is 0.000000673. The molecule has 1 nitrogen and oxygen atoms in total. The molecular formula is C15H31N. The highest BCUT2D eigenvalue weighted by atomic mass is 14.9. The molecule has 0 aromatic heterocycles. The van der Waals surface area contributed by atoms with E-state index in [-0.39, 0.29) is 0 Å². The molecule has 0 bridgehead atoms. The number of hydrogen-bond acceptors (Lipinski definition) is 1. The molecule has 0 radical (unpaired) electrons. The predicted octanol–water partition coefficient (Wildman–Crippen LogP) is 4.39. The summed E-state index contributed by atoms with van der Waals surface area (Å²) in [6, 6.07) is 0. The topological polar surface area (TPSA) is 12.0 Å². The van der Waals surface area contributed by atoms with Gasteiger partial charge >= 0.3 is 0 Å². The maximum Gasteiger partial charge on any atom is -0.00432 e. The smallest absolute Gasteiger partial charge is 0.00432 e. The summed E-state index contributed by atoms with van der Waals surface area (Å²) < 4.78 is 0. The molecule has 1 heteroatoms. The van der Waals surface area contributed by atoms with Crippen LogP contribution in [0, 0.1) is 11.3 Å². The van der Waals surface area contributed by atoms with Crippen LogP contribution in [0.4, 0.5) is 0 Å². The van der Waals surface area contributed by atoms with Crippen LogP contribution in [0.3, 0.4) is 0 Å². The third-order valence-corrected chi connectivity index (χ3v) is 2.96. The molecule has 0 amide bonds. The SMILES string of the molecule is C/C=C(\C1CCNCC1)C(C)(C)C.CCC. The van der Waals surface area contributed by atoms with Gasteiger partial charge in [0.25, 0.3) is 0 Å². The molecule has 1 heterocycles. The summed E-state index contributed by atoms with van der Waals surface area (Å²) in [5.74, 6) is 0.825. The van der Waals surface area contributed by atoms with Crippen molar-refractivity contribution >= 4 is 0 Å². The molecule has 1 fully saturated rings. The molecular weight excluding hydrogens is 194 g/mol. The monoisotopic (exact) mass is 225 g/mol. The first-order valence-electron chi connectivity index (χ1n) is 6.84. The average Bonchev–Trinajstić information content (AvgIpc) is 2.19. The molecule has 0 aromatic rings. The van der Waals surface area contributed by atoms with Gasteiger partial charge in [-0.05, 0) is 44.2 Å². The number of nitrogens with one attached hydrogen (secondary N) is 1. The van der Waals surface area contributed by atoms with E-state index in [4.69, 9.17) is 0 Å². The normalized spacial score (nSPS) is 19.0. The highest BCUT2D eigenvalue weighted by molar-refractivity contribution is 5.14. The summed E-state index contributed by atoms with van der Waals surface area (Å²) in [6.45, 7) is 15.8. The molecule has 1 rings (SSSR count).